The first kappa shape index (κ1) is 13.9. The van der Waals surface area contributed by atoms with Gasteiger partial charge in [-0.05, 0) is 24.8 Å². The zero-order valence-corrected chi connectivity index (χ0v) is 12.6. The average molecular weight is 267 g/mol. The molecule has 0 aliphatic heterocycles. The lowest BCUT2D eigenvalue weighted by atomic mass is 9.99. The third-order valence-electron chi connectivity index (χ3n) is 3.73. The third-order valence-corrected chi connectivity index (χ3v) is 4.84. The molecular formula is C14H25N3S. The number of nitrogens with zero attached hydrogens (tertiary/aromatic N) is 2. The van der Waals surface area contributed by atoms with Crippen LogP contribution in [0.2, 0.25) is 0 Å². The predicted molar refractivity (Wildman–Crippen MR) is 77.1 cm³/mol. The Bertz CT molecular complexity index is 362. The topological polar surface area (TPSA) is 37.8 Å². The van der Waals surface area contributed by atoms with E-state index in [0.717, 1.165) is 25.4 Å². The van der Waals surface area contributed by atoms with Crippen molar-refractivity contribution in [1.82, 2.24) is 15.5 Å². The molecule has 4 heteroatoms. The summed E-state index contributed by atoms with van der Waals surface area (Å²) in [6, 6.07) is 0. The summed E-state index contributed by atoms with van der Waals surface area (Å²) in [6.07, 6.45) is 5.04. The third kappa shape index (κ3) is 3.75. The van der Waals surface area contributed by atoms with Crippen molar-refractivity contribution in [3.63, 3.8) is 0 Å². The van der Waals surface area contributed by atoms with Crippen molar-refractivity contribution in [2.24, 2.45) is 11.8 Å². The van der Waals surface area contributed by atoms with E-state index in [1.54, 1.807) is 0 Å². The molecular weight excluding hydrogens is 242 g/mol. The zero-order chi connectivity index (χ0) is 13.0. The Labute approximate surface area is 114 Å². The second-order valence-corrected chi connectivity index (χ2v) is 6.99. The van der Waals surface area contributed by atoms with Crippen molar-refractivity contribution in [2.45, 2.75) is 52.4 Å². The maximum absolute atomic E-state index is 4.40. The highest BCUT2D eigenvalue weighted by Crippen LogP contribution is 2.40. The van der Waals surface area contributed by atoms with Crippen LogP contribution in [0.5, 0.6) is 0 Å². The van der Waals surface area contributed by atoms with E-state index in [1.807, 2.05) is 11.3 Å². The molecule has 2 unspecified atom stereocenters. The molecule has 0 spiro atoms. The van der Waals surface area contributed by atoms with Crippen molar-refractivity contribution in [3.05, 3.63) is 10.0 Å². The summed E-state index contributed by atoms with van der Waals surface area (Å²) < 4.78 is 0. The van der Waals surface area contributed by atoms with Gasteiger partial charge in [0.1, 0.15) is 10.0 Å². The number of nitrogens with one attached hydrogen (secondary N) is 1. The van der Waals surface area contributed by atoms with Gasteiger partial charge in [-0.1, -0.05) is 33.6 Å². The van der Waals surface area contributed by atoms with E-state index in [-0.39, 0.29) is 0 Å². The van der Waals surface area contributed by atoms with E-state index in [1.165, 1.54) is 29.3 Å². The molecule has 2 atom stereocenters. The van der Waals surface area contributed by atoms with E-state index in [4.69, 9.17) is 0 Å². The van der Waals surface area contributed by atoms with Gasteiger partial charge in [0.25, 0.3) is 0 Å². The summed E-state index contributed by atoms with van der Waals surface area (Å²) in [5.74, 6) is 2.19. The van der Waals surface area contributed by atoms with E-state index in [0.29, 0.717) is 11.8 Å². The lowest BCUT2D eigenvalue weighted by Crippen LogP contribution is -2.22. The van der Waals surface area contributed by atoms with Gasteiger partial charge in [-0.15, -0.1) is 21.5 Å². The normalized spacial score (nSPS) is 24.0. The van der Waals surface area contributed by atoms with Gasteiger partial charge >= 0.3 is 0 Å². The average Bonchev–Trinajstić information content (AvgIpc) is 2.92. The van der Waals surface area contributed by atoms with Gasteiger partial charge in [0.2, 0.25) is 0 Å². The molecule has 1 saturated carbocycles. The second-order valence-electron chi connectivity index (χ2n) is 5.90. The fourth-order valence-corrected chi connectivity index (χ4v) is 3.73. The molecule has 1 aliphatic carbocycles. The SMILES string of the molecule is CC(C)CNCCc1nnc(C2CCCC2C)s1. The first-order valence-corrected chi connectivity index (χ1v) is 8.01. The van der Waals surface area contributed by atoms with Crippen molar-refractivity contribution in [3.8, 4) is 0 Å². The van der Waals surface area contributed by atoms with Crippen LogP contribution < -0.4 is 5.32 Å². The zero-order valence-electron chi connectivity index (χ0n) is 11.8. The largest absolute Gasteiger partial charge is 0.316 e. The van der Waals surface area contributed by atoms with Gasteiger partial charge in [0.15, 0.2) is 0 Å². The molecule has 18 heavy (non-hydrogen) atoms. The minimum Gasteiger partial charge on any atom is -0.316 e. The summed E-state index contributed by atoms with van der Waals surface area (Å²) in [7, 11) is 0. The quantitative estimate of drug-likeness (QED) is 0.804. The van der Waals surface area contributed by atoms with Crippen molar-refractivity contribution in [1.29, 1.82) is 0 Å². The minimum atomic E-state index is 0.680. The highest BCUT2D eigenvalue weighted by atomic mass is 32.1. The smallest absolute Gasteiger partial charge is 0.120 e. The van der Waals surface area contributed by atoms with Crippen LogP contribution >= 0.6 is 11.3 Å². The molecule has 1 aromatic heterocycles. The van der Waals surface area contributed by atoms with Gasteiger partial charge in [0, 0.05) is 18.9 Å². The molecule has 0 bridgehead atoms. The van der Waals surface area contributed by atoms with Crippen LogP contribution in [0.15, 0.2) is 0 Å². The Kier molecular flexibility index (Phi) is 5.13. The molecule has 0 amide bonds. The fraction of sp³-hybridized carbons (Fsp3) is 0.857. The van der Waals surface area contributed by atoms with Crippen molar-refractivity contribution >= 4 is 11.3 Å². The minimum absolute atomic E-state index is 0.680. The molecule has 1 aromatic rings. The molecule has 0 saturated heterocycles. The van der Waals surface area contributed by atoms with Crippen LogP contribution in [0.25, 0.3) is 0 Å². The summed E-state index contributed by atoms with van der Waals surface area (Å²) in [5, 5.41) is 14.7. The highest BCUT2D eigenvalue weighted by molar-refractivity contribution is 7.11. The first-order chi connectivity index (χ1) is 8.66. The Hall–Kier alpha value is -0.480. The van der Waals surface area contributed by atoms with Crippen molar-refractivity contribution < 1.29 is 0 Å². The van der Waals surface area contributed by atoms with E-state index < -0.39 is 0 Å². The second kappa shape index (κ2) is 6.62. The molecule has 102 valence electrons. The summed E-state index contributed by atoms with van der Waals surface area (Å²) in [5.41, 5.74) is 0. The maximum atomic E-state index is 4.40. The van der Waals surface area contributed by atoms with Crippen LogP contribution in [-0.2, 0) is 6.42 Å². The standard InChI is InChI=1S/C14H25N3S/c1-10(2)9-15-8-7-13-16-17-14(18-13)12-6-4-5-11(12)3/h10-12,15H,4-9H2,1-3H3. The Balaban J connectivity index is 1.79. The van der Waals surface area contributed by atoms with Crippen LogP contribution in [0, 0.1) is 11.8 Å². The lowest BCUT2D eigenvalue weighted by molar-refractivity contribution is 0.527. The van der Waals surface area contributed by atoms with E-state index in [9.17, 15) is 0 Å². The van der Waals surface area contributed by atoms with Crippen molar-refractivity contribution in [2.75, 3.05) is 13.1 Å². The number of hydrogen-bond acceptors (Lipinski definition) is 4. The number of aromatic nitrogens is 2. The number of rotatable bonds is 6. The van der Waals surface area contributed by atoms with Gasteiger partial charge in [-0.25, -0.2) is 0 Å². The van der Waals surface area contributed by atoms with Gasteiger partial charge in [-0.3, -0.25) is 0 Å². The predicted octanol–water partition coefficient (Wildman–Crippen LogP) is 3.23. The Morgan fingerprint density at radius 3 is 2.83 bits per heavy atom. The van der Waals surface area contributed by atoms with Crippen LogP contribution in [-0.4, -0.2) is 23.3 Å². The Morgan fingerprint density at radius 1 is 1.33 bits per heavy atom. The first-order valence-electron chi connectivity index (χ1n) is 7.19. The highest BCUT2D eigenvalue weighted by Gasteiger charge is 2.27. The van der Waals surface area contributed by atoms with Gasteiger partial charge in [0.05, 0.1) is 0 Å². The van der Waals surface area contributed by atoms with Gasteiger partial charge < -0.3 is 5.32 Å². The lowest BCUT2D eigenvalue weighted by Gasteiger charge is -2.10. The monoisotopic (exact) mass is 267 g/mol. The summed E-state index contributed by atoms with van der Waals surface area (Å²) in [4.78, 5) is 0. The summed E-state index contributed by atoms with van der Waals surface area (Å²) in [6.45, 7) is 8.93. The van der Waals surface area contributed by atoms with E-state index >= 15 is 0 Å². The molecule has 1 fully saturated rings. The van der Waals surface area contributed by atoms with Crippen LogP contribution in [0.4, 0.5) is 0 Å². The molecule has 1 aliphatic rings. The van der Waals surface area contributed by atoms with Gasteiger partial charge in [-0.2, -0.15) is 0 Å². The summed E-state index contributed by atoms with van der Waals surface area (Å²) >= 11 is 1.83. The van der Waals surface area contributed by atoms with E-state index in [2.05, 4.69) is 36.3 Å². The van der Waals surface area contributed by atoms with Crippen LogP contribution in [0.3, 0.4) is 0 Å². The molecule has 0 aromatic carbocycles. The molecule has 1 N–H and O–H groups in total. The molecule has 2 rings (SSSR count). The molecule has 1 heterocycles. The Morgan fingerprint density at radius 2 is 2.17 bits per heavy atom. The maximum Gasteiger partial charge on any atom is 0.120 e. The number of hydrogen-bond donors (Lipinski definition) is 1. The molecule has 0 radical (unpaired) electrons. The fourth-order valence-electron chi connectivity index (χ4n) is 2.62. The molecule has 3 nitrogen and oxygen atoms in total. The van der Waals surface area contributed by atoms with Crippen LogP contribution in [0.1, 0.15) is 56.0 Å².